The van der Waals surface area contributed by atoms with Crippen LogP contribution in [0, 0.1) is 5.82 Å². The van der Waals surface area contributed by atoms with Crippen LogP contribution in [-0.4, -0.2) is 10.1 Å². The first-order valence-corrected chi connectivity index (χ1v) is 4.40. The van der Waals surface area contributed by atoms with Crippen LogP contribution < -0.4 is 0 Å². The highest BCUT2D eigenvalue weighted by Crippen LogP contribution is 2.31. The molecule has 0 fully saturated rings. The van der Waals surface area contributed by atoms with Gasteiger partial charge in [0.2, 0.25) is 0 Å². The third-order valence-corrected chi connectivity index (χ3v) is 2.03. The molecule has 0 aliphatic carbocycles. The zero-order valence-electron chi connectivity index (χ0n) is 6.27. The summed E-state index contributed by atoms with van der Waals surface area (Å²) in [5.41, 5.74) is -0.999. The first kappa shape index (κ1) is 10.3. The summed E-state index contributed by atoms with van der Waals surface area (Å²) in [7, 11) is 0. The minimum absolute atomic E-state index is 0.0348. The van der Waals surface area contributed by atoms with Gasteiger partial charge in [-0.3, -0.25) is 0 Å². The molecule has 0 radical (unpaired) electrons. The smallest absolute Gasteiger partial charge is 0.284 e. The van der Waals surface area contributed by atoms with Gasteiger partial charge in [0.15, 0.2) is 0 Å². The Morgan fingerprint density at radius 1 is 1.54 bits per heavy atom. The van der Waals surface area contributed by atoms with Crippen molar-refractivity contribution in [1.29, 1.82) is 0 Å². The molecule has 0 unspecified atom stereocenters. The quantitative estimate of drug-likeness (QED) is 0.825. The summed E-state index contributed by atoms with van der Waals surface area (Å²) < 4.78 is 37.0. The van der Waals surface area contributed by atoms with Gasteiger partial charge in [-0.15, -0.1) is 0 Å². The van der Waals surface area contributed by atoms with E-state index in [9.17, 15) is 13.2 Å². The Bertz CT molecular complexity index is 319. The standard InChI is InChI=1S/C7H5BrF3NO/c8-1-3-4(9)2-12-5(6(3)13)7(10)11/h2,7,13H,1H2. The van der Waals surface area contributed by atoms with Crippen LogP contribution in [0.25, 0.3) is 0 Å². The minimum atomic E-state index is -2.90. The second-order valence-electron chi connectivity index (χ2n) is 2.25. The second-order valence-corrected chi connectivity index (χ2v) is 2.81. The fraction of sp³-hybridized carbons (Fsp3) is 0.286. The Hall–Kier alpha value is -0.780. The first-order chi connectivity index (χ1) is 6.07. The molecular formula is C7H5BrF3NO. The lowest BCUT2D eigenvalue weighted by atomic mass is 10.2. The van der Waals surface area contributed by atoms with Gasteiger partial charge in [-0.05, 0) is 0 Å². The largest absolute Gasteiger partial charge is 0.505 e. The molecule has 72 valence electrons. The van der Waals surface area contributed by atoms with Crippen LogP contribution in [0.1, 0.15) is 17.7 Å². The van der Waals surface area contributed by atoms with E-state index < -0.39 is 23.7 Å². The molecular weight excluding hydrogens is 251 g/mol. The van der Waals surface area contributed by atoms with Crippen LogP contribution >= 0.6 is 15.9 Å². The molecule has 0 amide bonds. The van der Waals surface area contributed by atoms with Crippen LogP contribution in [0.3, 0.4) is 0 Å². The molecule has 0 bridgehead atoms. The number of aromatic hydroxyl groups is 1. The molecule has 0 atom stereocenters. The van der Waals surface area contributed by atoms with E-state index in [2.05, 4.69) is 20.9 Å². The van der Waals surface area contributed by atoms with Gasteiger partial charge >= 0.3 is 0 Å². The number of nitrogens with zero attached hydrogens (tertiary/aromatic N) is 1. The van der Waals surface area contributed by atoms with Gasteiger partial charge in [0.25, 0.3) is 6.43 Å². The molecule has 0 aromatic carbocycles. The van der Waals surface area contributed by atoms with Crippen LogP contribution in [0.15, 0.2) is 6.20 Å². The Morgan fingerprint density at radius 3 is 2.62 bits per heavy atom. The molecule has 2 nitrogen and oxygen atoms in total. The Labute approximate surface area is 80.5 Å². The van der Waals surface area contributed by atoms with Crippen molar-refractivity contribution < 1.29 is 18.3 Å². The molecule has 0 spiro atoms. The number of hydrogen-bond acceptors (Lipinski definition) is 2. The highest BCUT2D eigenvalue weighted by atomic mass is 79.9. The molecule has 1 aromatic heterocycles. The number of rotatable bonds is 2. The lowest BCUT2D eigenvalue weighted by Gasteiger charge is -2.06. The maximum Gasteiger partial charge on any atom is 0.284 e. The summed E-state index contributed by atoms with van der Waals surface area (Å²) in [6, 6.07) is 0. The topological polar surface area (TPSA) is 33.1 Å². The van der Waals surface area contributed by atoms with E-state index in [-0.39, 0.29) is 10.9 Å². The van der Waals surface area contributed by atoms with Crippen LogP contribution in [0.4, 0.5) is 13.2 Å². The van der Waals surface area contributed by atoms with Crippen molar-refractivity contribution in [2.45, 2.75) is 11.8 Å². The van der Waals surface area contributed by atoms with Gasteiger partial charge in [0.1, 0.15) is 17.3 Å². The van der Waals surface area contributed by atoms with E-state index in [0.29, 0.717) is 6.20 Å². The number of pyridine rings is 1. The van der Waals surface area contributed by atoms with Crippen molar-refractivity contribution in [3.8, 4) is 5.75 Å². The fourth-order valence-corrected chi connectivity index (χ4v) is 1.35. The summed E-state index contributed by atoms with van der Waals surface area (Å²) in [4.78, 5) is 3.09. The molecule has 1 N–H and O–H groups in total. The Morgan fingerprint density at radius 2 is 2.15 bits per heavy atom. The van der Waals surface area contributed by atoms with E-state index in [4.69, 9.17) is 5.11 Å². The van der Waals surface area contributed by atoms with Gasteiger partial charge in [-0.1, -0.05) is 15.9 Å². The van der Waals surface area contributed by atoms with E-state index >= 15 is 0 Å². The minimum Gasteiger partial charge on any atom is -0.505 e. The molecule has 0 aliphatic rings. The number of alkyl halides is 3. The van der Waals surface area contributed by atoms with E-state index in [1.165, 1.54) is 0 Å². The summed E-state index contributed by atoms with van der Waals surface area (Å²) in [6.07, 6.45) is -2.24. The number of hydrogen-bond donors (Lipinski definition) is 1. The molecule has 1 rings (SSSR count). The molecule has 6 heteroatoms. The predicted octanol–water partition coefficient (Wildman–Crippen LogP) is 2.76. The van der Waals surface area contributed by atoms with Gasteiger partial charge in [-0.2, -0.15) is 0 Å². The van der Waals surface area contributed by atoms with Crippen molar-refractivity contribution >= 4 is 15.9 Å². The van der Waals surface area contributed by atoms with Crippen LogP contribution in [0.2, 0.25) is 0 Å². The van der Waals surface area contributed by atoms with E-state index in [1.54, 1.807) is 0 Å². The van der Waals surface area contributed by atoms with Gasteiger partial charge in [0.05, 0.1) is 6.20 Å². The molecule has 0 saturated carbocycles. The van der Waals surface area contributed by atoms with Gasteiger partial charge in [-0.25, -0.2) is 18.2 Å². The average molecular weight is 256 g/mol. The summed E-state index contributed by atoms with van der Waals surface area (Å²) in [5.74, 6) is -1.59. The lowest BCUT2D eigenvalue weighted by Crippen LogP contribution is -1.97. The fourth-order valence-electron chi connectivity index (χ4n) is 0.820. The highest BCUT2D eigenvalue weighted by molar-refractivity contribution is 9.08. The van der Waals surface area contributed by atoms with Crippen LogP contribution in [0.5, 0.6) is 5.75 Å². The second kappa shape index (κ2) is 3.95. The zero-order valence-corrected chi connectivity index (χ0v) is 7.85. The Kier molecular flexibility index (Phi) is 3.13. The van der Waals surface area contributed by atoms with Crippen molar-refractivity contribution in [2.24, 2.45) is 0 Å². The molecule has 1 aromatic rings. The maximum atomic E-state index is 12.8. The molecule has 13 heavy (non-hydrogen) atoms. The van der Waals surface area contributed by atoms with Gasteiger partial charge < -0.3 is 5.11 Å². The predicted molar refractivity (Wildman–Crippen MR) is 43.4 cm³/mol. The summed E-state index contributed by atoms with van der Waals surface area (Å²) in [5, 5.41) is 9.09. The molecule has 1 heterocycles. The molecule has 0 saturated heterocycles. The average Bonchev–Trinajstić information content (AvgIpc) is 2.04. The molecule has 0 aliphatic heterocycles. The zero-order chi connectivity index (χ0) is 10.0. The third kappa shape index (κ3) is 1.93. The first-order valence-electron chi connectivity index (χ1n) is 3.28. The third-order valence-electron chi connectivity index (χ3n) is 1.47. The number of aromatic nitrogens is 1. The van der Waals surface area contributed by atoms with Crippen LogP contribution in [-0.2, 0) is 5.33 Å². The SMILES string of the molecule is Oc1c(C(F)F)ncc(F)c1CBr. The van der Waals surface area contributed by atoms with Crippen molar-refractivity contribution in [1.82, 2.24) is 4.98 Å². The summed E-state index contributed by atoms with van der Waals surface area (Å²) >= 11 is 2.87. The van der Waals surface area contributed by atoms with Gasteiger partial charge in [0, 0.05) is 10.9 Å². The van der Waals surface area contributed by atoms with E-state index in [1.807, 2.05) is 0 Å². The van der Waals surface area contributed by atoms with Crippen molar-refractivity contribution in [2.75, 3.05) is 0 Å². The highest BCUT2D eigenvalue weighted by Gasteiger charge is 2.19. The monoisotopic (exact) mass is 255 g/mol. The Balaban J connectivity index is 3.27. The number of halogens is 4. The van der Waals surface area contributed by atoms with E-state index in [0.717, 1.165) is 0 Å². The van der Waals surface area contributed by atoms with Crippen molar-refractivity contribution in [3.05, 3.63) is 23.3 Å². The summed E-state index contributed by atoms with van der Waals surface area (Å²) in [6.45, 7) is 0. The normalized spacial score (nSPS) is 10.8. The maximum absolute atomic E-state index is 12.8. The lowest BCUT2D eigenvalue weighted by molar-refractivity contribution is 0.141. The van der Waals surface area contributed by atoms with Crippen molar-refractivity contribution in [3.63, 3.8) is 0 Å².